The number of fused-ring (bicyclic) bond motifs is 1. The van der Waals surface area contributed by atoms with Gasteiger partial charge in [-0.1, -0.05) is 48.5 Å². The molecule has 190 valence electrons. The first-order valence-electron chi connectivity index (χ1n) is 12.2. The van der Waals surface area contributed by atoms with Crippen molar-refractivity contribution in [1.29, 1.82) is 0 Å². The van der Waals surface area contributed by atoms with E-state index in [4.69, 9.17) is 5.10 Å². The first kappa shape index (κ1) is 24.6. The van der Waals surface area contributed by atoms with E-state index in [0.29, 0.717) is 13.0 Å². The summed E-state index contributed by atoms with van der Waals surface area (Å²) in [5.41, 5.74) is 3.77. The number of thiophene rings is 1. The SMILES string of the molecule is O=C(CSc1cn(Cc2ccc(F)cc2)c2ccccc12)N1N=C(c2cccs2)CC1c1ccc(F)cc1. The number of aromatic nitrogens is 1. The summed E-state index contributed by atoms with van der Waals surface area (Å²) in [7, 11) is 0. The summed E-state index contributed by atoms with van der Waals surface area (Å²) in [6.45, 7) is 0.600. The van der Waals surface area contributed by atoms with Crippen molar-refractivity contribution < 1.29 is 13.6 Å². The summed E-state index contributed by atoms with van der Waals surface area (Å²) in [6, 6.07) is 24.6. The van der Waals surface area contributed by atoms with Gasteiger partial charge in [-0.3, -0.25) is 4.79 Å². The molecule has 0 saturated carbocycles. The Balaban J connectivity index is 1.24. The zero-order chi connectivity index (χ0) is 26.1. The van der Waals surface area contributed by atoms with Crippen LogP contribution in [0.5, 0.6) is 0 Å². The van der Waals surface area contributed by atoms with Crippen molar-refractivity contribution in [1.82, 2.24) is 9.58 Å². The van der Waals surface area contributed by atoms with Gasteiger partial charge in [-0.25, -0.2) is 13.8 Å². The smallest absolute Gasteiger partial charge is 0.253 e. The highest BCUT2D eigenvalue weighted by molar-refractivity contribution is 8.00. The fourth-order valence-electron chi connectivity index (χ4n) is 4.73. The Bertz CT molecular complexity index is 1610. The standard InChI is InChI=1S/C30H23F2N3OS2/c31-22-11-7-20(8-12-22)17-34-18-29(24-4-1-2-5-26(24)34)38-19-30(36)35-27(21-9-13-23(32)14-10-21)16-25(33-35)28-6-3-15-37-28/h1-15,18,27H,16-17,19H2. The van der Waals surface area contributed by atoms with Crippen LogP contribution in [0.15, 0.2) is 107 Å². The summed E-state index contributed by atoms with van der Waals surface area (Å²) >= 11 is 3.07. The lowest BCUT2D eigenvalue weighted by molar-refractivity contribution is -0.130. The van der Waals surface area contributed by atoms with E-state index < -0.39 is 0 Å². The first-order chi connectivity index (χ1) is 18.5. The minimum absolute atomic E-state index is 0.105. The molecule has 8 heteroatoms. The number of hydrogen-bond donors (Lipinski definition) is 0. The van der Waals surface area contributed by atoms with Crippen LogP contribution in [0.3, 0.4) is 0 Å². The number of carbonyl (C=O) groups is 1. The number of carbonyl (C=O) groups excluding carboxylic acids is 1. The minimum Gasteiger partial charge on any atom is -0.342 e. The average Bonchev–Trinajstić information content (AvgIpc) is 3.69. The normalized spacial score (nSPS) is 15.3. The Kier molecular flexibility index (Phi) is 6.82. The predicted molar refractivity (Wildman–Crippen MR) is 150 cm³/mol. The highest BCUT2D eigenvalue weighted by atomic mass is 32.2. The Morgan fingerprint density at radius 3 is 2.42 bits per heavy atom. The van der Waals surface area contributed by atoms with Gasteiger partial charge in [0.15, 0.2) is 0 Å². The van der Waals surface area contributed by atoms with Crippen LogP contribution in [0, 0.1) is 11.6 Å². The van der Waals surface area contributed by atoms with E-state index in [1.54, 1.807) is 40.6 Å². The second-order valence-corrected chi connectivity index (χ2v) is 11.1. The van der Waals surface area contributed by atoms with Crippen molar-refractivity contribution in [3.63, 3.8) is 0 Å². The molecular formula is C30H23F2N3OS2. The largest absolute Gasteiger partial charge is 0.342 e. The van der Waals surface area contributed by atoms with E-state index in [2.05, 4.69) is 4.57 Å². The summed E-state index contributed by atoms with van der Waals surface area (Å²) in [5.74, 6) is -0.460. The fourth-order valence-corrected chi connectivity index (χ4v) is 6.39. The maximum Gasteiger partial charge on any atom is 0.253 e. The highest BCUT2D eigenvalue weighted by Gasteiger charge is 2.33. The predicted octanol–water partition coefficient (Wildman–Crippen LogP) is 7.50. The van der Waals surface area contributed by atoms with Gasteiger partial charge in [-0.2, -0.15) is 5.10 Å². The topological polar surface area (TPSA) is 37.6 Å². The molecule has 0 aliphatic carbocycles. The molecule has 0 radical (unpaired) electrons. The van der Waals surface area contributed by atoms with E-state index in [1.807, 2.05) is 48.0 Å². The molecule has 0 N–H and O–H groups in total. The van der Waals surface area contributed by atoms with Gasteiger partial charge in [0, 0.05) is 35.0 Å². The van der Waals surface area contributed by atoms with E-state index in [1.165, 1.54) is 36.0 Å². The van der Waals surface area contributed by atoms with Crippen LogP contribution in [-0.2, 0) is 11.3 Å². The molecule has 3 heterocycles. The Morgan fingerprint density at radius 2 is 1.68 bits per heavy atom. The lowest BCUT2D eigenvalue weighted by atomic mass is 10.0. The molecule has 0 fully saturated rings. The second-order valence-electron chi connectivity index (χ2n) is 9.09. The van der Waals surface area contributed by atoms with Gasteiger partial charge in [0.1, 0.15) is 11.6 Å². The van der Waals surface area contributed by atoms with E-state index in [0.717, 1.165) is 37.5 Å². The van der Waals surface area contributed by atoms with E-state index >= 15 is 0 Å². The van der Waals surface area contributed by atoms with Crippen molar-refractivity contribution in [2.75, 3.05) is 5.75 Å². The molecular weight excluding hydrogens is 520 g/mol. The van der Waals surface area contributed by atoms with Crippen molar-refractivity contribution in [2.45, 2.75) is 23.9 Å². The molecule has 0 spiro atoms. The highest BCUT2D eigenvalue weighted by Crippen LogP contribution is 2.36. The Morgan fingerprint density at radius 1 is 0.947 bits per heavy atom. The van der Waals surface area contributed by atoms with Crippen LogP contribution in [0.4, 0.5) is 8.78 Å². The molecule has 1 amide bonds. The van der Waals surface area contributed by atoms with Crippen LogP contribution < -0.4 is 0 Å². The third kappa shape index (κ3) is 5.01. The number of para-hydroxylation sites is 1. The monoisotopic (exact) mass is 543 g/mol. The van der Waals surface area contributed by atoms with Crippen molar-refractivity contribution in [3.05, 3.63) is 124 Å². The number of amides is 1. The molecule has 1 aliphatic heterocycles. The van der Waals surface area contributed by atoms with Crippen LogP contribution in [0.25, 0.3) is 10.9 Å². The lowest BCUT2D eigenvalue weighted by Crippen LogP contribution is -2.28. The van der Waals surface area contributed by atoms with Gasteiger partial charge < -0.3 is 4.57 Å². The average molecular weight is 544 g/mol. The van der Waals surface area contributed by atoms with Gasteiger partial charge in [0.2, 0.25) is 0 Å². The van der Waals surface area contributed by atoms with Gasteiger partial charge >= 0.3 is 0 Å². The Hall–Kier alpha value is -3.75. The number of thioether (sulfide) groups is 1. The molecule has 3 aromatic carbocycles. The summed E-state index contributed by atoms with van der Waals surface area (Å²) in [4.78, 5) is 15.6. The molecule has 1 aliphatic rings. The summed E-state index contributed by atoms with van der Waals surface area (Å²) in [6.07, 6.45) is 2.63. The third-order valence-corrected chi connectivity index (χ3v) is 8.54. The number of halogens is 2. The molecule has 1 atom stereocenters. The third-order valence-electron chi connectivity index (χ3n) is 6.60. The maximum atomic E-state index is 13.6. The van der Waals surface area contributed by atoms with Crippen LogP contribution in [0.1, 0.15) is 28.5 Å². The van der Waals surface area contributed by atoms with E-state index in [-0.39, 0.29) is 29.3 Å². The molecule has 2 aromatic heterocycles. The summed E-state index contributed by atoms with van der Waals surface area (Å²) < 4.78 is 29.1. The van der Waals surface area contributed by atoms with Crippen LogP contribution in [-0.4, -0.2) is 26.9 Å². The van der Waals surface area contributed by atoms with Crippen molar-refractivity contribution >= 4 is 45.6 Å². The van der Waals surface area contributed by atoms with Crippen LogP contribution in [0.2, 0.25) is 0 Å². The number of benzene rings is 3. The molecule has 38 heavy (non-hydrogen) atoms. The van der Waals surface area contributed by atoms with Gasteiger partial charge in [0.25, 0.3) is 5.91 Å². The quantitative estimate of drug-likeness (QED) is 0.199. The van der Waals surface area contributed by atoms with Crippen molar-refractivity contribution in [2.24, 2.45) is 5.10 Å². The van der Waals surface area contributed by atoms with Crippen LogP contribution >= 0.6 is 23.1 Å². The van der Waals surface area contributed by atoms with Gasteiger partial charge in [0.05, 0.1) is 22.4 Å². The maximum absolute atomic E-state index is 13.6. The molecule has 0 saturated heterocycles. The van der Waals surface area contributed by atoms with Gasteiger partial charge in [-0.05, 0) is 52.9 Å². The van der Waals surface area contributed by atoms with Gasteiger partial charge in [-0.15, -0.1) is 23.1 Å². The number of rotatable bonds is 7. The minimum atomic E-state index is -0.309. The fraction of sp³-hybridized carbons (Fsp3) is 0.133. The zero-order valence-corrected chi connectivity index (χ0v) is 21.9. The molecule has 0 bridgehead atoms. The van der Waals surface area contributed by atoms with Crippen molar-refractivity contribution in [3.8, 4) is 0 Å². The number of hydrazone groups is 1. The molecule has 1 unspecified atom stereocenters. The lowest BCUT2D eigenvalue weighted by Gasteiger charge is -2.22. The second kappa shape index (κ2) is 10.6. The summed E-state index contributed by atoms with van der Waals surface area (Å²) in [5, 5.41) is 9.34. The molecule has 5 aromatic rings. The molecule has 6 rings (SSSR count). The Labute approximate surface area is 227 Å². The number of hydrogen-bond acceptors (Lipinski definition) is 4. The zero-order valence-electron chi connectivity index (χ0n) is 20.3. The van der Waals surface area contributed by atoms with E-state index in [9.17, 15) is 13.6 Å². The first-order valence-corrected chi connectivity index (χ1v) is 14.1. The number of nitrogens with zero attached hydrogens (tertiary/aromatic N) is 3. The molecule has 4 nitrogen and oxygen atoms in total.